The van der Waals surface area contributed by atoms with Crippen molar-refractivity contribution in [2.45, 2.75) is 13.8 Å². The second-order valence-corrected chi connectivity index (χ2v) is 1.91. The van der Waals surface area contributed by atoms with Crippen molar-refractivity contribution in [1.29, 1.82) is 0 Å². The quantitative estimate of drug-likeness (QED) is 0.335. The number of ketones is 1. The van der Waals surface area contributed by atoms with E-state index in [0.717, 1.165) is 0 Å². The number of hydrogen-bond acceptors (Lipinski definition) is 4. The van der Waals surface area contributed by atoms with Crippen LogP contribution in [0.3, 0.4) is 0 Å². The van der Waals surface area contributed by atoms with Gasteiger partial charge in [-0.3, -0.25) is 14.9 Å². The molecule has 0 rings (SSSR count). The van der Waals surface area contributed by atoms with Crippen molar-refractivity contribution in [2.75, 3.05) is 13.3 Å². The van der Waals surface area contributed by atoms with E-state index in [1.807, 2.05) is 0 Å². The zero-order valence-corrected chi connectivity index (χ0v) is 6.14. The molecule has 1 N–H and O–H groups in total. The third-order valence-corrected chi connectivity index (χ3v) is 0.751. The van der Waals surface area contributed by atoms with Crippen molar-refractivity contribution in [1.82, 2.24) is 5.32 Å². The van der Waals surface area contributed by atoms with Crippen molar-refractivity contribution in [3.8, 4) is 0 Å². The molecule has 0 atom stereocenters. The summed E-state index contributed by atoms with van der Waals surface area (Å²) in [5.41, 5.74) is 0. The van der Waals surface area contributed by atoms with Gasteiger partial charge >= 0.3 is 5.97 Å². The van der Waals surface area contributed by atoms with Gasteiger partial charge in [0.05, 0.1) is 6.54 Å². The molecule has 0 aliphatic rings. The normalized spacial score (nSPS) is 9.00. The lowest BCUT2D eigenvalue weighted by molar-refractivity contribution is -0.142. The molecule has 0 radical (unpaired) electrons. The van der Waals surface area contributed by atoms with E-state index in [-0.39, 0.29) is 25.0 Å². The Hall–Kier alpha value is -0.900. The molecular weight excluding hydrogens is 134 g/mol. The Kier molecular flexibility index (Phi) is 4.49. The molecule has 58 valence electrons. The van der Waals surface area contributed by atoms with E-state index in [0.29, 0.717) is 0 Å². The number of nitrogens with one attached hydrogen (secondary N) is 1. The van der Waals surface area contributed by atoms with Crippen LogP contribution in [0.1, 0.15) is 13.8 Å². The SMILES string of the molecule is CC(=O)CNCOC(C)=O. The largest absolute Gasteiger partial charge is 0.450 e. The third kappa shape index (κ3) is 7.10. The standard InChI is InChI=1S/C6H11NO3/c1-5(8)3-7-4-10-6(2)9/h7H,3-4H2,1-2H3. The summed E-state index contributed by atoms with van der Waals surface area (Å²) in [6.07, 6.45) is 0. The van der Waals surface area contributed by atoms with Crippen molar-refractivity contribution < 1.29 is 14.3 Å². The van der Waals surface area contributed by atoms with Crippen LogP contribution < -0.4 is 5.32 Å². The first-order valence-electron chi connectivity index (χ1n) is 2.96. The summed E-state index contributed by atoms with van der Waals surface area (Å²) in [6, 6.07) is 0. The monoisotopic (exact) mass is 145 g/mol. The van der Waals surface area contributed by atoms with Crippen LogP contribution in [-0.4, -0.2) is 25.0 Å². The molecule has 0 saturated carbocycles. The van der Waals surface area contributed by atoms with Crippen LogP contribution in [0.4, 0.5) is 0 Å². The van der Waals surface area contributed by atoms with E-state index >= 15 is 0 Å². The maximum atomic E-state index is 10.3. The van der Waals surface area contributed by atoms with Gasteiger partial charge in [0, 0.05) is 6.92 Å². The Morgan fingerprint density at radius 3 is 2.40 bits per heavy atom. The predicted octanol–water partition coefficient (Wildman–Crippen LogP) is -0.314. The van der Waals surface area contributed by atoms with Gasteiger partial charge in [-0.25, -0.2) is 0 Å². The van der Waals surface area contributed by atoms with Gasteiger partial charge in [-0.05, 0) is 6.92 Å². The minimum absolute atomic E-state index is 0.0205. The molecule has 0 saturated heterocycles. The second-order valence-electron chi connectivity index (χ2n) is 1.91. The molecule has 4 heteroatoms. The molecule has 4 nitrogen and oxygen atoms in total. The summed E-state index contributed by atoms with van der Waals surface area (Å²) in [6.45, 7) is 3.12. The van der Waals surface area contributed by atoms with E-state index < -0.39 is 0 Å². The van der Waals surface area contributed by atoms with Crippen molar-refractivity contribution in [3.05, 3.63) is 0 Å². The number of hydrogen-bond donors (Lipinski definition) is 1. The molecule has 0 heterocycles. The average Bonchev–Trinajstić information content (AvgIpc) is 1.79. The van der Waals surface area contributed by atoms with Gasteiger partial charge in [0.1, 0.15) is 12.5 Å². The molecule has 0 aliphatic carbocycles. The number of carbonyl (C=O) groups is 2. The first kappa shape index (κ1) is 9.10. The van der Waals surface area contributed by atoms with E-state index in [1.165, 1.54) is 13.8 Å². The van der Waals surface area contributed by atoms with Gasteiger partial charge in [0.15, 0.2) is 0 Å². The third-order valence-electron chi connectivity index (χ3n) is 0.751. The van der Waals surface area contributed by atoms with Crippen LogP contribution in [0.2, 0.25) is 0 Å². The molecule has 0 spiro atoms. The zero-order chi connectivity index (χ0) is 7.98. The maximum Gasteiger partial charge on any atom is 0.303 e. The maximum absolute atomic E-state index is 10.3. The number of carbonyl (C=O) groups excluding carboxylic acids is 2. The molecule has 0 aromatic carbocycles. The van der Waals surface area contributed by atoms with Gasteiger partial charge in [-0.2, -0.15) is 0 Å². The molecule has 0 aromatic heterocycles. The van der Waals surface area contributed by atoms with E-state index in [4.69, 9.17) is 0 Å². The Balaban J connectivity index is 3.06. The van der Waals surface area contributed by atoms with Crippen LogP contribution >= 0.6 is 0 Å². The highest BCUT2D eigenvalue weighted by Crippen LogP contribution is 1.71. The molecule has 10 heavy (non-hydrogen) atoms. The highest BCUT2D eigenvalue weighted by molar-refractivity contribution is 5.77. The van der Waals surface area contributed by atoms with Gasteiger partial charge in [-0.15, -0.1) is 0 Å². The molecule has 0 aliphatic heterocycles. The fourth-order valence-electron chi connectivity index (χ4n) is 0.380. The average molecular weight is 145 g/mol. The van der Waals surface area contributed by atoms with Crippen LogP contribution in [0, 0.1) is 0 Å². The summed E-state index contributed by atoms with van der Waals surface area (Å²) >= 11 is 0. The van der Waals surface area contributed by atoms with Gasteiger partial charge in [-0.1, -0.05) is 0 Å². The Labute approximate surface area is 59.6 Å². The molecule has 0 bridgehead atoms. The number of ether oxygens (including phenoxy) is 1. The first-order chi connectivity index (χ1) is 4.63. The summed E-state index contributed by atoms with van der Waals surface area (Å²) in [4.78, 5) is 20.4. The fourth-order valence-corrected chi connectivity index (χ4v) is 0.380. The number of esters is 1. The Bertz CT molecular complexity index is 117. The van der Waals surface area contributed by atoms with E-state index in [1.54, 1.807) is 0 Å². The summed E-state index contributed by atoms with van der Waals surface area (Å²) in [5.74, 6) is -0.330. The van der Waals surface area contributed by atoms with Crippen molar-refractivity contribution >= 4 is 11.8 Å². The molecule has 0 unspecified atom stereocenters. The lowest BCUT2D eigenvalue weighted by Gasteiger charge is -2.00. The fraction of sp³-hybridized carbons (Fsp3) is 0.667. The number of rotatable bonds is 4. The van der Waals surface area contributed by atoms with Gasteiger partial charge in [0.25, 0.3) is 0 Å². The summed E-state index contributed by atoms with van der Waals surface area (Å²) in [5, 5.41) is 2.62. The second kappa shape index (κ2) is 4.93. The first-order valence-corrected chi connectivity index (χ1v) is 2.96. The van der Waals surface area contributed by atoms with E-state index in [9.17, 15) is 9.59 Å². The van der Waals surface area contributed by atoms with Crippen molar-refractivity contribution in [2.24, 2.45) is 0 Å². The van der Waals surface area contributed by atoms with E-state index in [2.05, 4.69) is 10.1 Å². The van der Waals surface area contributed by atoms with Gasteiger partial charge in [0.2, 0.25) is 0 Å². The van der Waals surface area contributed by atoms with Gasteiger partial charge < -0.3 is 4.74 Å². The molecule has 0 aromatic rings. The van der Waals surface area contributed by atoms with Crippen LogP contribution in [-0.2, 0) is 14.3 Å². The van der Waals surface area contributed by atoms with Crippen molar-refractivity contribution in [3.63, 3.8) is 0 Å². The summed E-state index contributed by atoms with van der Waals surface area (Å²) in [7, 11) is 0. The number of Topliss-reactive ketones (excluding diaryl/α,β-unsaturated/α-hetero) is 1. The highest BCUT2D eigenvalue weighted by Gasteiger charge is 1.92. The zero-order valence-electron chi connectivity index (χ0n) is 6.14. The highest BCUT2D eigenvalue weighted by atomic mass is 16.5. The minimum Gasteiger partial charge on any atom is -0.450 e. The smallest absolute Gasteiger partial charge is 0.303 e. The molecule has 0 amide bonds. The van der Waals surface area contributed by atoms with Crippen LogP contribution in [0.25, 0.3) is 0 Å². The lowest BCUT2D eigenvalue weighted by Crippen LogP contribution is -2.24. The predicted molar refractivity (Wildman–Crippen MR) is 35.3 cm³/mol. The molecular formula is C6H11NO3. The van der Waals surface area contributed by atoms with Crippen LogP contribution in [0.15, 0.2) is 0 Å². The molecule has 0 fully saturated rings. The lowest BCUT2D eigenvalue weighted by atomic mass is 10.5. The summed E-state index contributed by atoms with van der Waals surface area (Å²) < 4.78 is 4.49. The Morgan fingerprint density at radius 1 is 1.40 bits per heavy atom. The topological polar surface area (TPSA) is 55.4 Å². The van der Waals surface area contributed by atoms with Crippen LogP contribution in [0.5, 0.6) is 0 Å². The Morgan fingerprint density at radius 2 is 2.00 bits per heavy atom. The minimum atomic E-state index is -0.351.